The van der Waals surface area contributed by atoms with Crippen molar-refractivity contribution in [3.05, 3.63) is 0 Å². The maximum atomic E-state index is 11.3. The number of likely N-dealkylation sites (tertiary alicyclic amines) is 1. The zero-order valence-electron chi connectivity index (χ0n) is 7.86. The van der Waals surface area contributed by atoms with Crippen LogP contribution in [0.1, 0.15) is 12.8 Å². The van der Waals surface area contributed by atoms with E-state index in [1.807, 2.05) is 0 Å². The van der Waals surface area contributed by atoms with Crippen molar-refractivity contribution < 1.29 is 9.00 Å². The standard InChI is InChI=1S/C8H16N2O2S/c1-13(12)6-2-4-10-5-3-7(9)8(10)11/h7H,2-6,9H2,1H3. The largest absolute Gasteiger partial charge is 0.341 e. The SMILES string of the molecule is CS(=O)CCCN1CCC(N)C1=O. The molecule has 2 unspecified atom stereocenters. The van der Waals surface area contributed by atoms with Crippen LogP contribution in [0, 0.1) is 0 Å². The van der Waals surface area contributed by atoms with Crippen molar-refractivity contribution in [3.8, 4) is 0 Å². The van der Waals surface area contributed by atoms with Crippen molar-refractivity contribution in [3.63, 3.8) is 0 Å². The Balaban J connectivity index is 2.23. The van der Waals surface area contributed by atoms with Crippen LogP contribution in [-0.4, -0.2) is 46.2 Å². The lowest BCUT2D eigenvalue weighted by atomic mass is 10.3. The van der Waals surface area contributed by atoms with Gasteiger partial charge in [0.15, 0.2) is 0 Å². The fraction of sp³-hybridized carbons (Fsp3) is 0.875. The second kappa shape index (κ2) is 4.72. The number of nitrogens with two attached hydrogens (primary N) is 1. The summed E-state index contributed by atoms with van der Waals surface area (Å²) in [6.45, 7) is 1.46. The van der Waals surface area contributed by atoms with Gasteiger partial charge in [-0.25, -0.2) is 0 Å². The summed E-state index contributed by atoms with van der Waals surface area (Å²) >= 11 is 0. The minimum atomic E-state index is -0.755. The van der Waals surface area contributed by atoms with Crippen LogP contribution in [-0.2, 0) is 15.6 Å². The number of rotatable bonds is 4. The average molecular weight is 204 g/mol. The lowest BCUT2D eigenvalue weighted by Crippen LogP contribution is -2.34. The van der Waals surface area contributed by atoms with Crippen LogP contribution >= 0.6 is 0 Å². The van der Waals surface area contributed by atoms with Crippen LogP contribution < -0.4 is 5.73 Å². The van der Waals surface area contributed by atoms with Gasteiger partial charge in [-0.1, -0.05) is 0 Å². The molecule has 0 radical (unpaired) electrons. The molecule has 0 bridgehead atoms. The molecule has 1 aliphatic heterocycles. The summed E-state index contributed by atoms with van der Waals surface area (Å²) in [5.74, 6) is 0.709. The molecule has 1 amide bonds. The molecule has 2 atom stereocenters. The first-order chi connectivity index (χ1) is 6.11. The third-order valence-corrected chi connectivity index (χ3v) is 3.06. The third-order valence-electron chi connectivity index (χ3n) is 2.20. The molecule has 0 aromatic carbocycles. The molecule has 2 N–H and O–H groups in total. The molecule has 5 heteroatoms. The maximum Gasteiger partial charge on any atom is 0.239 e. The predicted octanol–water partition coefficient (Wildman–Crippen LogP) is -0.685. The Morgan fingerprint density at radius 3 is 2.85 bits per heavy atom. The molecule has 0 aromatic rings. The van der Waals surface area contributed by atoms with E-state index in [9.17, 15) is 9.00 Å². The monoisotopic (exact) mass is 204 g/mol. The van der Waals surface area contributed by atoms with Crippen molar-refractivity contribution in [1.82, 2.24) is 4.90 Å². The summed E-state index contributed by atoms with van der Waals surface area (Å²) in [6, 6.07) is -0.299. The smallest absolute Gasteiger partial charge is 0.239 e. The summed E-state index contributed by atoms with van der Waals surface area (Å²) in [6.07, 6.45) is 3.24. The third kappa shape index (κ3) is 3.08. The van der Waals surface area contributed by atoms with E-state index in [0.29, 0.717) is 12.3 Å². The zero-order chi connectivity index (χ0) is 9.84. The number of hydrogen-bond acceptors (Lipinski definition) is 3. The number of amides is 1. The molecular weight excluding hydrogens is 188 g/mol. The summed E-state index contributed by atoms with van der Waals surface area (Å²) in [5.41, 5.74) is 5.55. The first kappa shape index (κ1) is 10.7. The lowest BCUT2D eigenvalue weighted by Gasteiger charge is -2.14. The van der Waals surface area contributed by atoms with E-state index in [2.05, 4.69) is 0 Å². The van der Waals surface area contributed by atoms with E-state index >= 15 is 0 Å². The van der Waals surface area contributed by atoms with Gasteiger partial charge in [0.05, 0.1) is 6.04 Å². The van der Waals surface area contributed by atoms with Crippen molar-refractivity contribution in [1.29, 1.82) is 0 Å². The van der Waals surface area contributed by atoms with Gasteiger partial charge in [-0.05, 0) is 12.8 Å². The van der Waals surface area contributed by atoms with E-state index in [-0.39, 0.29) is 11.9 Å². The van der Waals surface area contributed by atoms with Crippen LogP contribution in [0.25, 0.3) is 0 Å². The highest BCUT2D eigenvalue weighted by Crippen LogP contribution is 2.09. The molecule has 1 saturated heterocycles. The van der Waals surface area contributed by atoms with Crippen molar-refractivity contribution in [2.75, 3.05) is 25.1 Å². The van der Waals surface area contributed by atoms with Crippen molar-refractivity contribution in [2.24, 2.45) is 5.73 Å². The highest BCUT2D eigenvalue weighted by molar-refractivity contribution is 7.84. The first-order valence-corrected chi connectivity index (χ1v) is 6.18. The van der Waals surface area contributed by atoms with Gasteiger partial charge in [0.2, 0.25) is 5.91 Å². The van der Waals surface area contributed by atoms with Gasteiger partial charge in [-0.15, -0.1) is 0 Å². The normalized spacial score (nSPS) is 25.2. The molecule has 76 valence electrons. The Kier molecular flexibility index (Phi) is 3.87. The van der Waals surface area contributed by atoms with E-state index in [0.717, 1.165) is 19.4 Å². The average Bonchev–Trinajstić information content (AvgIpc) is 2.35. The summed E-state index contributed by atoms with van der Waals surface area (Å²) in [7, 11) is -0.755. The Bertz CT molecular complexity index is 220. The predicted molar refractivity (Wildman–Crippen MR) is 52.7 cm³/mol. The van der Waals surface area contributed by atoms with E-state index < -0.39 is 10.8 Å². The molecule has 13 heavy (non-hydrogen) atoms. The van der Waals surface area contributed by atoms with Gasteiger partial charge >= 0.3 is 0 Å². The molecule has 0 aromatic heterocycles. The fourth-order valence-electron chi connectivity index (χ4n) is 1.44. The quantitative estimate of drug-likeness (QED) is 0.659. The summed E-state index contributed by atoms with van der Waals surface area (Å²) in [5, 5.41) is 0. The second-order valence-electron chi connectivity index (χ2n) is 3.35. The van der Waals surface area contributed by atoms with Gasteiger partial charge in [0.25, 0.3) is 0 Å². The van der Waals surface area contributed by atoms with Crippen molar-refractivity contribution >= 4 is 16.7 Å². The Hall–Kier alpha value is -0.420. The second-order valence-corrected chi connectivity index (χ2v) is 4.91. The highest BCUT2D eigenvalue weighted by Gasteiger charge is 2.27. The summed E-state index contributed by atoms with van der Waals surface area (Å²) < 4.78 is 10.7. The number of carbonyl (C=O) groups is 1. The lowest BCUT2D eigenvalue weighted by molar-refractivity contribution is -0.128. The van der Waals surface area contributed by atoms with Gasteiger partial charge in [0, 0.05) is 35.9 Å². The van der Waals surface area contributed by atoms with Gasteiger partial charge in [-0.3, -0.25) is 9.00 Å². The fourth-order valence-corrected chi connectivity index (χ4v) is 1.98. The van der Waals surface area contributed by atoms with E-state index in [4.69, 9.17) is 5.73 Å². The maximum absolute atomic E-state index is 11.3. The number of nitrogens with zero attached hydrogens (tertiary/aromatic N) is 1. The molecular formula is C8H16N2O2S. The van der Waals surface area contributed by atoms with Crippen LogP contribution in [0.4, 0.5) is 0 Å². The molecule has 1 fully saturated rings. The van der Waals surface area contributed by atoms with Crippen LogP contribution in [0.15, 0.2) is 0 Å². The minimum absolute atomic E-state index is 0.0434. The Morgan fingerprint density at radius 1 is 1.69 bits per heavy atom. The number of hydrogen-bond donors (Lipinski definition) is 1. The van der Waals surface area contributed by atoms with Gasteiger partial charge in [-0.2, -0.15) is 0 Å². The zero-order valence-corrected chi connectivity index (χ0v) is 8.68. The highest BCUT2D eigenvalue weighted by atomic mass is 32.2. The topological polar surface area (TPSA) is 63.4 Å². The molecule has 1 rings (SSSR count). The Morgan fingerprint density at radius 2 is 2.38 bits per heavy atom. The van der Waals surface area contributed by atoms with Crippen LogP contribution in [0.5, 0.6) is 0 Å². The van der Waals surface area contributed by atoms with Gasteiger partial charge in [0.1, 0.15) is 0 Å². The first-order valence-electron chi connectivity index (χ1n) is 4.45. The van der Waals surface area contributed by atoms with E-state index in [1.54, 1.807) is 11.2 Å². The number of carbonyl (C=O) groups excluding carboxylic acids is 1. The molecule has 0 aliphatic carbocycles. The minimum Gasteiger partial charge on any atom is -0.341 e. The molecule has 1 aliphatic rings. The van der Waals surface area contributed by atoms with Crippen LogP contribution in [0.2, 0.25) is 0 Å². The molecule has 0 spiro atoms. The molecule has 4 nitrogen and oxygen atoms in total. The summed E-state index contributed by atoms with van der Waals surface area (Å²) in [4.78, 5) is 13.1. The molecule has 0 saturated carbocycles. The Labute approximate surface area is 80.9 Å². The van der Waals surface area contributed by atoms with Crippen LogP contribution in [0.3, 0.4) is 0 Å². The van der Waals surface area contributed by atoms with E-state index in [1.165, 1.54) is 0 Å². The van der Waals surface area contributed by atoms with Gasteiger partial charge < -0.3 is 10.6 Å². The molecule has 1 heterocycles. The van der Waals surface area contributed by atoms with Crippen molar-refractivity contribution in [2.45, 2.75) is 18.9 Å².